The molecule has 0 spiro atoms. The summed E-state index contributed by atoms with van der Waals surface area (Å²) in [5, 5.41) is 0. The van der Waals surface area contributed by atoms with Gasteiger partial charge in [0.1, 0.15) is 5.75 Å². The highest BCUT2D eigenvalue weighted by atomic mass is 79.9. The van der Waals surface area contributed by atoms with Crippen LogP contribution in [0.1, 0.15) is 11.1 Å². The minimum atomic E-state index is -0.563. The SMILES string of the molecule is O=c1[nH]c2c(c(=O)[nH]1)Cc1ccc(Br)cc1O2. The highest BCUT2D eigenvalue weighted by molar-refractivity contribution is 9.10. The zero-order valence-electron chi connectivity index (χ0n) is 8.54. The summed E-state index contributed by atoms with van der Waals surface area (Å²) in [5.41, 5.74) is 0.391. The van der Waals surface area contributed by atoms with Crippen LogP contribution >= 0.6 is 15.9 Å². The summed E-state index contributed by atoms with van der Waals surface area (Å²) in [5.74, 6) is 0.873. The lowest BCUT2D eigenvalue weighted by molar-refractivity contribution is 0.434. The molecule has 2 heterocycles. The Morgan fingerprint density at radius 1 is 1.24 bits per heavy atom. The van der Waals surface area contributed by atoms with E-state index in [0.29, 0.717) is 17.7 Å². The maximum absolute atomic E-state index is 11.6. The molecule has 1 aromatic carbocycles. The Balaban J connectivity index is 2.20. The van der Waals surface area contributed by atoms with E-state index in [9.17, 15) is 9.59 Å². The van der Waals surface area contributed by atoms with E-state index in [1.807, 2.05) is 12.1 Å². The van der Waals surface area contributed by atoms with E-state index in [0.717, 1.165) is 10.0 Å². The predicted octanol–water partition coefficient (Wildman–Crippen LogP) is 1.52. The lowest BCUT2D eigenvalue weighted by Crippen LogP contribution is -2.27. The van der Waals surface area contributed by atoms with Crippen LogP contribution in [0.5, 0.6) is 11.6 Å². The number of H-pyrrole nitrogens is 2. The average Bonchev–Trinajstić information content (AvgIpc) is 2.26. The number of aromatic amines is 2. The van der Waals surface area contributed by atoms with E-state index in [-0.39, 0.29) is 5.88 Å². The second kappa shape index (κ2) is 3.59. The fourth-order valence-electron chi connectivity index (χ4n) is 1.81. The highest BCUT2D eigenvalue weighted by Crippen LogP contribution is 2.34. The van der Waals surface area contributed by atoms with Gasteiger partial charge in [-0.05, 0) is 17.7 Å². The fraction of sp³-hybridized carbons (Fsp3) is 0.0909. The quantitative estimate of drug-likeness (QED) is 0.660. The molecule has 0 atom stereocenters. The van der Waals surface area contributed by atoms with Gasteiger partial charge in [0.2, 0.25) is 5.88 Å². The largest absolute Gasteiger partial charge is 0.440 e. The summed E-state index contributed by atoms with van der Waals surface area (Å²) >= 11 is 3.34. The molecule has 17 heavy (non-hydrogen) atoms. The Bertz CT molecular complexity index is 717. The van der Waals surface area contributed by atoms with Gasteiger partial charge in [0, 0.05) is 10.9 Å². The molecule has 1 aliphatic heterocycles. The maximum atomic E-state index is 11.6. The third kappa shape index (κ3) is 1.70. The maximum Gasteiger partial charge on any atom is 0.328 e. The number of rotatable bonds is 0. The Kier molecular flexibility index (Phi) is 2.19. The van der Waals surface area contributed by atoms with Crippen LogP contribution in [0.25, 0.3) is 0 Å². The van der Waals surface area contributed by atoms with E-state index in [1.165, 1.54) is 0 Å². The van der Waals surface area contributed by atoms with Gasteiger partial charge in [0.25, 0.3) is 5.56 Å². The van der Waals surface area contributed by atoms with Crippen molar-refractivity contribution < 1.29 is 4.74 Å². The predicted molar refractivity (Wildman–Crippen MR) is 64.7 cm³/mol. The van der Waals surface area contributed by atoms with E-state index < -0.39 is 11.2 Å². The molecular formula is C11H7BrN2O3. The van der Waals surface area contributed by atoms with Crippen molar-refractivity contribution in [3.63, 3.8) is 0 Å². The molecule has 0 fully saturated rings. The smallest absolute Gasteiger partial charge is 0.328 e. The first-order valence-corrected chi connectivity index (χ1v) is 5.74. The number of ether oxygens (including phenoxy) is 1. The van der Waals surface area contributed by atoms with Crippen molar-refractivity contribution in [2.45, 2.75) is 6.42 Å². The van der Waals surface area contributed by atoms with Crippen molar-refractivity contribution in [3.05, 3.63) is 54.6 Å². The molecule has 0 amide bonds. The van der Waals surface area contributed by atoms with E-state index in [2.05, 4.69) is 25.9 Å². The van der Waals surface area contributed by atoms with Crippen molar-refractivity contribution >= 4 is 15.9 Å². The normalized spacial score (nSPS) is 12.5. The molecule has 0 bridgehead atoms. The summed E-state index contributed by atoms with van der Waals surface area (Å²) in [7, 11) is 0. The van der Waals surface area contributed by atoms with Gasteiger partial charge in [0.05, 0.1) is 5.56 Å². The third-order valence-electron chi connectivity index (χ3n) is 2.61. The van der Waals surface area contributed by atoms with Gasteiger partial charge in [0.15, 0.2) is 0 Å². The summed E-state index contributed by atoms with van der Waals surface area (Å²) in [6, 6.07) is 5.57. The van der Waals surface area contributed by atoms with Crippen molar-refractivity contribution in [2.24, 2.45) is 0 Å². The summed E-state index contributed by atoms with van der Waals surface area (Å²) < 4.78 is 6.40. The Morgan fingerprint density at radius 2 is 2.06 bits per heavy atom. The Labute approximate surface area is 104 Å². The van der Waals surface area contributed by atoms with Crippen molar-refractivity contribution in [3.8, 4) is 11.6 Å². The number of benzene rings is 1. The number of halogens is 1. The van der Waals surface area contributed by atoms with Crippen molar-refractivity contribution in [1.82, 2.24) is 9.97 Å². The first-order valence-electron chi connectivity index (χ1n) is 4.95. The molecule has 0 saturated carbocycles. The molecule has 86 valence electrons. The molecule has 5 nitrogen and oxygen atoms in total. The monoisotopic (exact) mass is 294 g/mol. The Hall–Kier alpha value is -1.82. The second-order valence-corrected chi connectivity index (χ2v) is 4.66. The van der Waals surface area contributed by atoms with Crippen molar-refractivity contribution in [2.75, 3.05) is 0 Å². The number of aromatic nitrogens is 2. The zero-order valence-corrected chi connectivity index (χ0v) is 10.1. The van der Waals surface area contributed by atoms with Gasteiger partial charge in [-0.1, -0.05) is 22.0 Å². The van der Waals surface area contributed by atoms with Crippen LogP contribution in [0, 0.1) is 0 Å². The molecule has 0 unspecified atom stereocenters. The molecular weight excluding hydrogens is 288 g/mol. The number of hydrogen-bond donors (Lipinski definition) is 2. The van der Waals surface area contributed by atoms with Crippen LogP contribution in [0.2, 0.25) is 0 Å². The summed E-state index contributed by atoms with van der Waals surface area (Å²) in [6.45, 7) is 0. The molecule has 6 heteroatoms. The molecule has 1 aromatic heterocycles. The zero-order chi connectivity index (χ0) is 12.0. The minimum absolute atomic E-state index is 0.226. The molecule has 3 rings (SSSR count). The standard InChI is InChI=1S/C11H7BrN2O3/c12-6-2-1-5-3-7-9(15)13-11(16)14-10(7)17-8(5)4-6/h1-2,4H,3H2,(H2,13,14,15,16). The summed E-state index contributed by atoms with van der Waals surface area (Å²) in [6.07, 6.45) is 0.448. The minimum Gasteiger partial charge on any atom is -0.440 e. The van der Waals surface area contributed by atoms with Crippen LogP contribution in [0.3, 0.4) is 0 Å². The average molecular weight is 295 g/mol. The first-order chi connectivity index (χ1) is 8.13. The lowest BCUT2D eigenvalue weighted by atomic mass is 10.0. The van der Waals surface area contributed by atoms with Gasteiger partial charge in [-0.3, -0.25) is 14.8 Å². The van der Waals surface area contributed by atoms with Gasteiger partial charge in [-0.25, -0.2) is 4.79 Å². The van der Waals surface area contributed by atoms with E-state index >= 15 is 0 Å². The number of fused-ring (bicyclic) bond motifs is 2. The summed E-state index contributed by atoms with van der Waals surface area (Å²) in [4.78, 5) is 27.4. The van der Waals surface area contributed by atoms with Crippen LogP contribution < -0.4 is 16.0 Å². The fourth-order valence-corrected chi connectivity index (χ4v) is 2.15. The van der Waals surface area contributed by atoms with Gasteiger partial charge < -0.3 is 4.74 Å². The number of nitrogens with one attached hydrogen (secondary N) is 2. The van der Waals surface area contributed by atoms with Crippen LogP contribution in [0.4, 0.5) is 0 Å². The molecule has 0 saturated heterocycles. The van der Waals surface area contributed by atoms with E-state index in [4.69, 9.17) is 4.74 Å². The molecule has 0 aliphatic carbocycles. The third-order valence-corrected chi connectivity index (χ3v) is 3.10. The van der Waals surface area contributed by atoms with Crippen molar-refractivity contribution in [1.29, 1.82) is 0 Å². The van der Waals surface area contributed by atoms with Crippen LogP contribution in [0.15, 0.2) is 32.3 Å². The first kappa shape index (κ1) is 10.3. The number of hydrogen-bond acceptors (Lipinski definition) is 3. The topological polar surface area (TPSA) is 75.0 Å². The molecule has 2 N–H and O–H groups in total. The highest BCUT2D eigenvalue weighted by Gasteiger charge is 2.20. The van der Waals surface area contributed by atoms with Gasteiger partial charge >= 0.3 is 5.69 Å². The molecule has 0 radical (unpaired) electrons. The Morgan fingerprint density at radius 3 is 2.88 bits per heavy atom. The lowest BCUT2D eigenvalue weighted by Gasteiger charge is -2.18. The molecule has 2 aromatic rings. The van der Waals surface area contributed by atoms with Gasteiger partial charge in [-0.2, -0.15) is 0 Å². The van der Waals surface area contributed by atoms with Crippen LogP contribution in [-0.4, -0.2) is 9.97 Å². The van der Waals surface area contributed by atoms with Gasteiger partial charge in [-0.15, -0.1) is 0 Å². The second-order valence-electron chi connectivity index (χ2n) is 3.75. The van der Waals surface area contributed by atoms with Crippen LogP contribution in [-0.2, 0) is 6.42 Å². The van der Waals surface area contributed by atoms with E-state index in [1.54, 1.807) is 6.07 Å². The molecule has 1 aliphatic rings.